The number of benzene rings is 2. The molecule has 8 heteroatoms. The van der Waals surface area contributed by atoms with E-state index in [2.05, 4.69) is 30.3 Å². The number of thiophene rings is 1. The SMILES string of the molecule is CCCCOc1ccc(C(=O)Nc2sc3c(c2-c2nc4ccccc4s2)CCN(C)C3)cc1.Cl. The van der Waals surface area contributed by atoms with Crippen LogP contribution in [0.15, 0.2) is 48.5 Å². The van der Waals surface area contributed by atoms with Gasteiger partial charge in [0.1, 0.15) is 15.8 Å². The summed E-state index contributed by atoms with van der Waals surface area (Å²) in [6.07, 6.45) is 3.08. The monoisotopic (exact) mass is 513 g/mol. The average molecular weight is 514 g/mol. The lowest BCUT2D eigenvalue weighted by atomic mass is 10.0. The van der Waals surface area contributed by atoms with Crippen molar-refractivity contribution in [1.29, 1.82) is 0 Å². The highest BCUT2D eigenvalue weighted by Gasteiger charge is 2.27. The highest BCUT2D eigenvalue weighted by atomic mass is 35.5. The number of hydrogen-bond acceptors (Lipinski definition) is 6. The van der Waals surface area contributed by atoms with Crippen LogP contribution < -0.4 is 10.1 Å². The summed E-state index contributed by atoms with van der Waals surface area (Å²) in [6, 6.07) is 15.6. The molecule has 0 saturated heterocycles. The maximum absolute atomic E-state index is 13.1. The smallest absolute Gasteiger partial charge is 0.256 e. The summed E-state index contributed by atoms with van der Waals surface area (Å²) in [6.45, 7) is 4.74. The third kappa shape index (κ3) is 5.13. The molecule has 2 aromatic carbocycles. The van der Waals surface area contributed by atoms with Crippen molar-refractivity contribution in [1.82, 2.24) is 9.88 Å². The first kappa shape index (κ1) is 24.7. The molecule has 5 rings (SSSR count). The van der Waals surface area contributed by atoms with Gasteiger partial charge < -0.3 is 15.0 Å². The van der Waals surface area contributed by atoms with E-state index in [-0.39, 0.29) is 18.3 Å². The Bertz CT molecular complexity index is 1250. The minimum Gasteiger partial charge on any atom is -0.494 e. The second-order valence-electron chi connectivity index (χ2n) is 8.36. The van der Waals surface area contributed by atoms with Gasteiger partial charge in [0.05, 0.1) is 16.8 Å². The number of carbonyl (C=O) groups excluding carboxylic acids is 1. The predicted octanol–water partition coefficient (Wildman–Crippen LogP) is 6.87. The lowest BCUT2D eigenvalue weighted by Gasteiger charge is -2.22. The molecule has 1 N–H and O–H groups in total. The molecular weight excluding hydrogens is 486 g/mol. The molecule has 3 heterocycles. The van der Waals surface area contributed by atoms with Gasteiger partial charge in [0.25, 0.3) is 5.91 Å². The topological polar surface area (TPSA) is 54.5 Å². The van der Waals surface area contributed by atoms with Crippen LogP contribution in [0, 0.1) is 0 Å². The second kappa shape index (κ2) is 10.9. The van der Waals surface area contributed by atoms with Crippen molar-refractivity contribution in [2.24, 2.45) is 0 Å². The fraction of sp³-hybridized carbons (Fsp3) is 0.308. The Morgan fingerprint density at radius 3 is 2.71 bits per heavy atom. The number of hydrogen-bond donors (Lipinski definition) is 1. The Morgan fingerprint density at radius 2 is 1.94 bits per heavy atom. The van der Waals surface area contributed by atoms with Gasteiger partial charge in [0, 0.05) is 29.1 Å². The maximum atomic E-state index is 13.1. The zero-order valence-corrected chi connectivity index (χ0v) is 21.7. The summed E-state index contributed by atoms with van der Waals surface area (Å²) in [4.78, 5) is 21.7. The van der Waals surface area contributed by atoms with Gasteiger partial charge in [0.2, 0.25) is 0 Å². The first-order valence-electron chi connectivity index (χ1n) is 11.4. The minimum absolute atomic E-state index is 0. The third-order valence-electron chi connectivity index (χ3n) is 5.87. The number of carbonyl (C=O) groups is 1. The van der Waals surface area contributed by atoms with Crippen LogP contribution in [0.25, 0.3) is 20.8 Å². The van der Waals surface area contributed by atoms with Crippen molar-refractivity contribution in [2.75, 3.05) is 25.5 Å². The van der Waals surface area contributed by atoms with E-state index in [9.17, 15) is 4.79 Å². The van der Waals surface area contributed by atoms with Crippen LogP contribution in [0.5, 0.6) is 5.75 Å². The lowest BCUT2D eigenvalue weighted by molar-refractivity contribution is 0.102. The van der Waals surface area contributed by atoms with Gasteiger partial charge in [-0.3, -0.25) is 4.79 Å². The van der Waals surface area contributed by atoms with Gasteiger partial charge in [-0.15, -0.1) is 35.1 Å². The minimum atomic E-state index is -0.107. The number of aromatic nitrogens is 1. The molecule has 0 atom stereocenters. The summed E-state index contributed by atoms with van der Waals surface area (Å²) in [5, 5.41) is 5.07. The first-order valence-corrected chi connectivity index (χ1v) is 13.0. The molecule has 34 heavy (non-hydrogen) atoms. The molecule has 0 saturated carbocycles. The number of nitrogens with one attached hydrogen (secondary N) is 1. The molecule has 1 aliphatic rings. The number of nitrogens with zero attached hydrogens (tertiary/aromatic N) is 2. The number of anilines is 1. The number of halogens is 1. The molecule has 0 unspecified atom stereocenters. The van der Waals surface area contributed by atoms with Crippen LogP contribution in [0.1, 0.15) is 40.6 Å². The van der Waals surface area contributed by atoms with E-state index < -0.39 is 0 Å². The number of amides is 1. The van der Waals surface area contributed by atoms with Gasteiger partial charge in [-0.1, -0.05) is 25.5 Å². The van der Waals surface area contributed by atoms with E-state index in [1.165, 1.54) is 10.4 Å². The molecule has 1 amide bonds. The molecule has 1 aliphatic heterocycles. The summed E-state index contributed by atoms with van der Waals surface area (Å²) >= 11 is 3.37. The number of fused-ring (bicyclic) bond motifs is 2. The standard InChI is InChI=1S/C26H27N3O2S2.ClH/c1-3-4-15-31-18-11-9-17(10-12-18)24(30)28-26-23(19-13-14-29(2)16-22(19)33-26)25-27-20-7-5-6-8-21(20)32-25;/h5-12H,3-4,13-16H2,1-2H3,(H,28,30);1H. The Balaban J connectivity index is 0.00000274. The van der Waals surface area contributed by atoms with E-state index >= 15 is 0 Å². The second-order valence-corrected chi connectivity index (χ2v) is 10.5. The molecular formula is C26H28ClN3O2S2. The van der Waals surface area contributed by atoms with E-state index in [0.717, 1.165) is 63.9 Å². The molecule has 0 spiro atoms. The van der Waals surface area contributed by atoms with Crippen molar-refractivity contribution >= 4 is 56.2 Å². The molecule has 0 aliphatic carbocycles. The normalized spacial score (nSPS) is 13.4. The lowest BCUT2D eigenvalue weighted by Crippen LogP contribution is -2.25. The summed E-state index contributed by atoms with van der Waals surface area (Å²) in [5.74, 6) is 0.689. The Hall–Kier alpha value is -2.45. The number of thiazole rings is 1. The van der Waals surface area contributed by atoms with Crippen molar-refractivity contribution in [3.63, 3.8) is 0 Å². The van der Waals surface area contributed by atoms with Crippen LogP contribution in [0.2, 0.25) is 0 Å². The summed E-state index contributed by atoms with van der Waals surface area (Å²) in [7, 11) is 2.14. The van der Waals surface area contributed by atoms with Gasteiger partial charge in [0.15, 0.2) is 0 Å². The quantitative estimate of drug-likeness (QED) is 0.274. The van der Waals surface area contributed by atoms with Crippen LogP contribution in [0.4, 0.5) is 5.00 Å². The first-order chi connectivity index (χ1) is 16.1. The zero-order valence-electron chi connectivity index (χ0n) is 19.3. The van der Waals surface area contributed by atoms with Crippen LogP contribution in [-0.2, 0) is 13.0 Å². The molecule has 0 fully saturated rings. The third-order valence-corrected chi connectivity index (χ3v) is 8.05. The Morgan fingerprint density at radius 1 is 1.15 bits per heavy atom. The predicted molar refractivity (Wildman–Crippen MR) is 145 cm³/mol. The van der Waals surface area contributed by atoms with Crippen molar-refractivity contribution in [3.8, 4) is 16.3 Å². The van der Waals surface area contributed by atoms with Crippen LogP contribution in [0.3, 0.4) is 0 Å². The molecule has 5 nitrogen and oxygen atoms in total. The highest BCUT2D eigenvalue weighted by molar-refractivity contribution is 7.23. The fourth-order valence-electron chi connectivity index (χ4n) is 4.04. The van der Waals surface area contributed by atoms with Crippen LogP contribution >= 0.6 is 35.1 Å². The van der Waals surface area contributed by atoms with E-state index in [1.54, 1.807) is 22.7 Å². The van der Waals surface area contributed by atoms with Crippen molar-refractivity contribution in [2.45, 2.75) is 32.7 Å². The molecule has 0 radical (unpaired) electrons. The van der Waals surface area contributed by atoms with E-state index in [4.69, 9.17) is 9.72 Å². The molecule has 178 valence electrons. The number of rotatable bonds is 7. The number of para-hydroxylation sites is 1. The molecule has 4 aromatic rings. The molecule has 0 bridgehead atoms. The zero-order chi connectivity index (χ0) is 22.8. The van der Waals surface area contributed by atoms with Crippen LogP contribution in [-0.4, -0.2) is 36.0 Å². The highest BCUT2D eigenvalue weighted by Crippen LogP contribution is 2.45. The van der Waals surface area contributed by atoms with E-state index in [0.29, 0.717) is 12.2 Å². The largest absolute Gasteiger partial charge is 0.494 e. The number of likely N-dealkylation sites (N-methyl/N-ethyl adjacent to an activating group) is 1. The van der Waals surface area contributed by atoms with Gasteiger partial charge in [-0.25, -0.2) is 4.98 Å². The average Bonchev–Trinajstić information content (AvgIpc) is 3.39. The molecule has 2 aromatic heterocycles. The fourth-order valence-corrected chi connectivity index (χ4v) is 6.47. The summed E-state index contributed by atoms with van der Waals surface area (Å²) in [5.41, 5.74) is 4.04. The number of unbranched alkanes of at least 4 members (excludes halogenated alkanes) is 1. The van der Waals surface area contributed by atoms with Gasteiger partial charge >= 0.3 is 0 Å². The summed E-state index contributed by atoms with van der Waals surface area (Å²) < 4.78 is 6.89. The Kier molecular flexibility index (Phi) is 7.88. The van der Waals surface area contributed by atoms with E-state index in [1.807, 2.05) is 42.5 Å². The maximum Gasteiger partial charge on any atom is 0.256 e. The van der Waals surface area contributed by atoms with Gasteiger partial charge in [-0.2, -0.15) is 0 Å². The Labute approximate surface area is 214 Å². The number of ether oxygens (including phenoxy) is 1. The van der Waals surface area contributed by atoms with Gasteiger partial charge in [-0.05, 0) is 61.9 Å². The van der Waals surface area contributed by atoms with Crippen molar-refractivity contribution in [3.05, 3.63) is 64.5 Å². The van der Waals surface area contributed by atoms with Crippen molar-refractivity contribution < 1.29 is 9.53 Å².